The predicted molar refractivity (Wildman–Crippen MR) is 93.9 cm³/mol. The first kappa shape index (κ1) is 16.7. The number of hydrogen-bond acceptors (Lipinski definition) is 3. The van der Waals surface area contributed by atoms with Gasteiger partial charge in [0.15, 0.2) is 0 Å². The number of aromatic nitrogens is 2. The minimum atomic E-state index is -0.317. The Labute approximate surface area is 145 Å². The second-order valence-electron chi connectivity index (χ2n) is 5.62. The molecule has 0 bridgehead atoms. The molecular formula is C19H18FN3O2. The molecule has 1 N–H and O–H groups in total. The van der Waals surface area contributed by atoms with E-state index in [1.54, 1.807) is 55.1 Å². The van der Waals surface area contributed by atoms with Crippen molar-refractivity contribution < 1.29 is 13.9 Å². The van der Waals surface area contributed by atoms with Gasteiger partial charge in [-0.1, -0.05) is 0 Å². The van der Waals surface area contributed by atoms with Gasteiger partial charge in [0.1, 0.15) is 11.6 Å². The monoisotopic (exact) mass is 339 g/mol. The Morgan fingerprint density at radius 3 is 2.32 bits per heavy atom. The first-order chi connectivity index (χ1) is 12.0. The van der Waals surface area contributed by atoms with Crippen LogP contribution in [0.25, 0.3) is 5.69 Å². The molecule has 5 nitrogen and oxygen atoms in total. The smallest absolute Gasteiger partial charge is 0.259 e. The van der Waals surface area contributed by atoms with Crippen molar-refractivity contribution in [2.75, 3.05) is 12.4 Å². The van der Waals surface area contributed by atoms with E-state index < -0.39 is 0 Å². The van der Waals surface area contributed by atoms with Crippen LogP contribution in [0.15, 0.2) is 48.5 Å². The van der Waals surface area contributed by atoms with Crippen molar-refractivity contribution >= 4 is 11.6 Å². The minimum absolute atomic E-state index is 0.242. The predicted octanol–water partition coefficient (Wildman–Crippen LogP) is 3.89. The molecule has 0 aliphatic heterocycles. The molecule has 0 saturated heterocycles. The van der Waals surface area contributed by atoms with Gasteiger partial charge in [0.2, 0.25) is 0 Å². The van der Waals surface area contributed by atoms with Crippen LogP contribution >= 0.6 is 0 Å². The molecule has 128 valence electrons. The molecule has 3 aromatic rings. The van der Waals surface area contributed by atoms with Gasteiger partial charge >= 0.3 is 0 Å². The van der Waals surface area contributed by atoms with Crippen molar-refractivity contribution in [1.29, 1.82) is 0 Å². The summed E-state index contributed by atoms with van der Waals surface area (Å²) in [7, 11) is 1.59. The van der Waals surface area contributed by atoms with Crippen LogP contribution < -0.4 is 10.1 Å². The van der Waals surface area contributed by atoms with E-state index in [9.17, 15) is 9.18 Å². The highest BCUT2D eigenvalue weighted by atomic mass is 19.1. The fraction of sp³-hybridized carbons (Fsp3) is 0.158. The van der Waals surface area contributed by atoms with E-state index in [1.165, 1.54) is 12.1 Å². The van der Waals surface area contributed by atoms with E-state index in [0.717, 1.165) is 5.75 Å². The van der Waals surface area contributed by atoms with Crippen LogP contribution in [0.3, 0.4) is 0 Å². The Morgan fingerprint density at radius 1 is 1.08 bits per heavy atom. The van der Waals surface area contributed by atoms with Crippen molar-refractivity contribution in [3.05, 3.63) is 71.3 Å². The van der Waals surface area contributed by atoms with Crippen LogP contribution in [0.2, 0.25) is 0 Å². The second-order valence-corrected chi connectivity index (χ2v) is 5.62. The summed E-state index contributed by atoms with van der Waals surface area (Å²) in [6.07, 6.45) is 0. The molecule has 1 aromatic heterocycles. The lowest BCUT2D eigenvalue weighted by Gasteiger charge is -2.07. The zero-order valence-corrected chi connectivity index (χ0v) is 14.2. The lowest BCUT2D eigenvalue weighted by atomic mass is 10.1. The molecule has 1 amide bonds. The molecule has 0 saturated carbocycles. The molecule has 0 unspecified atom stereocenters. The normalized spacial score (nSPS) is 10.6. The van der Waals surface area contributed by atoms with E-state index in [-0.39, 0.29) is 11.7 Å². The largest absolute Gasteiger partial charge is 0.497 e. The minimum Gasteiger partial charge on any atom is -0.497 e. The number of rotatable bonds is 4. The van der Waals surface area contributed by atoms with E-state index in [1.807, 2.05) is 6.92 Å². The highest BCUT2D eigenvalue weighted by Crippen LogP contribution is 2.21. The standard InChI is InChI=1S/C19H18FN3O2/c1-12-18(19(24)21-15-6-10-17(25-3)11-7-15)13(2)23(22-12)16-8-4-14(20)5-9-16/h4-11H,1-3H3,(H,21,24). The van der Waals surface area contributed by atoms with E-state index >= 15 is 0 Å². The number of nitrogens with zero attached hydrogens (tertiary/aromatic N) is 2. The molecule has 0 spiro atoms. The van der Waals surface area contributed by atoms with Gasteiger partial charge in [0, 0.05) is 5.69 Å². The summed E-state index contributed by atoms with van der Waals surface area (Å²) in [5.74, 6) is 0.158. The number of benzene rings is 2. The van der Waals surface area contributed by atoms with Crippen molar-refractivity contribution in [2.45, 2.75) is 13.8 Å². The van der Waals surface area contributed by atoms with Crippen LogP contribution in [0, 0.1) is 19.7 Å². The number of hydrogen-bond donors (Lipinski definition) is 1. The molecule has 25 heavy (non-hydrogen) atoms. The molecular weight excluding hydrogens is 321 g/mol. The number of anilines is 1. The molecule has 0 aliphatic rings. The summed E-state index contributed by atoms with van der Waals surface area (Å²) in [5, 5.41) is 7.27. The topological polar surface area (TPSA) is 56.1 Å². The number of aryl methyl sites for hydroxylation is 1. The van der Waals surface area contributed by atoms with Crippen LogP contribution in [-0.4, -0.2) is 22.8 Å². The maximum absolute atomic E-state index is 13.1. The summed E-state index contributed by atoms with van der Waals surface area (Å²) >= 11 is 0. The number of carbonyl (C=O) groups is 1. The summed E-state index contributed by atoms with van der Waals surface area (Å²) in [4.78, 5) is 12.7. The molecule has 0 aliphatic carbocycles. The summed E-state index contributed by atoms with van der Waals surface area (Å²) in [6.45, 7) is 3.59. The molecule has 0 fully saturated rings. The van der Waals surface area contributed by atoms with Gasteiger partial charge in [-0.2, -0.15) is 5.10 Å². The number of amides is 1. The van der Waals surface area contributed by atoms with Crippen molar-refractivity contribution in [1.82, 2.24) is 9.78 Å². The molecule has 0 atom stereocenters. The van der Waals surface area contributed by atoms with Gasteiger partial charge in [0.25, 0.3) is 5.91 Å². The van der Waals surface area contributed by atoms with Crippen LogP contribution in [0.5, 0.6) is 5.75 Å². The maximum atomic E-state index is 13.1. The summed E-state index contributed by atoms with van der Waals surface area (Å²) in [5.41, 5.74) is 3.16. The fourth-order valence-corrected chi connectivity index (χ4v) is 2.67. The molecule has 0 radical (unpaired) electrons. The first-order valence-corrected chi connectivity index (χ1v) is 7.77. The third kappa shape index (κ3) is 3.38. The molecule has 2 aromatic carbocycles. The molecule has 3 rings (SSSR count). The van der Waals surface area contributed by atoms with Gasteiger partial charge < -0.3 is 10.1 Å². The van der Waals surface area contributed by atoms with Gasteiger partial charge in [0.05, 0.1) is 29.7 Å². The van der Waals surface area contributed by atoms with Crippen molar-refractivity contribution in [3.63, 3.8) is 0 Å². The number of halogens is 1. The summed E-state index contributed by atoms with van der Waals surface area (Å²) < 4.78 is 19.9. The van der Waals surface area contributed by atoms with E-state index in [0.29, 0.717) is 28.3 Å². The SMILES string of the molecule is COc1ccc(NC(=O)c2c(C)nn(-c3ccc(F)cc3)c2C)cc1. The lowest BCUT2D eigenvalue weighted by Crippen LogP contribution is -2.14. The lowest BCUT2D eigenvalue weighted by molar-refractivity contribution is 0.102. The van der Waals surface area contributed by atoms with Crippen LogP contribution in [0.1, 0.15) is 21.7 Å². The Morgan fingerprint density at radius 2 is 1.72 bits per heavy atom. The summed E-state index contributed by atoms with van der Waals surface area (Å²) in [6, 6.07) is 13.1. The zero-order valence-electron chi connectivity index (χ0n) is 14.2. The second kappa shape index (κ2) is 6.76. The fourth-order valence-electron chi connectivity index (χ4n) is 2.67. The molecule has 6 heteroatoms. The average Bonchev–Trinajstić information content (AvgIpc) is 2.91. The Hall–Kier alpha value is -3.15. The number of ether oxygens (including phenoxy) is 1. The quantitative estimate of drug-likeness (QED) is 0.784. The van der Waals surface area contributed by atoms with Crippen LogP contribution in [0.4, 0.5) is 10.1 Å². The Bertz CT molecular complexity index is 900. The average molecular weight is 339 g/mol. The van der Waals surface area contributed by atoms with Gasteiger partial charge in [-0.3, -0.25) is 4.79 Å². The maximum Gasteiger partial charge on any atom is 0.259 e. The number of nitrogens with one attached hydrogen (secondary N) is 1. The van der Waals surface area contributed by atoms with Gasteiger partial charge in [-0.15, -0.1) is 0 Å². The molecule has 1 heterocycles. The van der Waals surface area contributed by atoms with Gasteiger partial charge in [-0.25, -0.2) is 9.07 Å². The number of methoxy groups -OCH3 is 1. The van der Waals surface area contributed by atoms with Crippen molar-refractivity contribution in [2.24, 2.45) is 0 Å². The zero-order chi connectivity index (χ0) is 18.0. The van der Waals surface area contributed by atoms with Crippen molar-refractivity contribution in [3.8, 4) is 11.4 Å². The van der Waals surface area contributed by atoms with Crippen LogP contribution in [-0.2, 0) is 0 Å². The Kier molecular flexibility index (Phi) is 4.52. The number of carbonyl (C=O) groups excluding carboxylic acids is 1. The third-order valence-electron chi connectivity index (χ3n) is 3.94. The third-order valence-corrected chi connectivity index (χ3v) is 3.94. The Balaban J connectivity index is 1.88. The highest BCUT2D eigenvalue weighted by Gasteiger charge is 2.19. The van der Waals surface area contributed by atoms with Gasteiger partial charge in [-0.05, 0) is 62.4 Å². The highest BCUT2D eigenvalue weighted by molar-refractivity contribution is 6.06. The first-order valence-electron chi connectivity index (χ1n) is 7.77. The van der Waals surface area contributed by atoms with E-state index in [2.05, 4.69) is 10.4 Å². The van der Waals surface area contributed by atoms with E-state index in [4.69, 9.17) is 4.74 Å².